The van der Waals surface area contributed by atoms with Gasteiger partial charge in [-0.15, -0.1) is 0 Å². The average Bonchev–Trinajstić information content (AvgIpc) is 3.23. The summed E-state index contributed by atoms with van der Waals surface area (Å²) in [5, 5.41) is 13.1. The fourth-order valence-corrected chi connectivity index (χ4v) is 3.03. The summed E-state index contributed by atoms with van der Waals surface area (Å²) in [5.41, 5.74) is -0.298. The van der Waals surface area contributed by atoms with Crippen molar-refractivity contribution >= 4 is 0 Å². The van der Waals surface area contributed by atoms with Gasteiger partial charge in [-0.2, -0.15) is 5.26 Å². The first-order chi connectivity index (χ1) is 9.28. The molecule has 2 rings (SSSR count). The second kappa shape index (κ2) is 7.26. The highest BCUT2D eigenvalue weighted by molar-refractivity contribution is 5.12. The van der Waals surface area contributed by atoms with Gasteiger partial charge in [0, 0.05) is 19.1 Å². The molecule has 0 radical (unpaired) electrons. The van der Waals surface area contributed by atoms with Crippen LogP contribution in [-0.4, -0.2) is 24.3 Å². The molecule has 1 N–H and O–H groups in total. The van der Waals surface area contributed by atoms with Gasteiger partial charge in [0.25, 0.3) is 0 Å². The Morgan fingerprint density at radius 2 is 2.11 bits per heavy atom. The van der Waals surface area contributed by atoms with Crippen molar-refractivity contribution in [3.63, 3.8) is 0 Å². The third-order valence-corrected chi connectivity index (χ3v) is 4.33. The molecule has 2 saturated carbocycles. The molecule has 2 aliphatic rings. The van der Waals surface area contributed by atoms with Crippen molar-refractivity contribution in [2.45, 2.75) is 88.8 Å². The first-order valence-electron chi connectivity index (χ1n) is 8.08. The highest BCUT2D eigenvalue weighted by Crippen LogP contribution is 2.33. The van der Waals surface area contributed by atoms with E-state index in [1.165, 1.54) is 38.5 Å². The number of nitrogens with zero attached hydrogens (tertiary/aromatic N) is 1. The van der Waals surface area contributed by atoms with Crippen LogP contribution in [0.25, 0.3) is 0 Å². The molecular weight excluding hydrogens is 236 g/mol. The zero-order valence-electron chi connectivity index (χ0n) is 12.3. The Bertz CT molecular complexity index is 308. The zero-order chi connectivity index (χ0) is 13.6. The molecule has 0 aromatic rings. The normalized spacial score (nSPS) is 31.1. The van der Waals surface area contributed by atoms with Crippen LogP contribution < -0.4 is 5.32 Å². The van der Waals surface area contributed by atoms with Gasteiger partial charge in [0.2, 0.25) is 0 Å². The quantitative estimate of drug-likeness (QED) is 0.682. The Morgan fingerprint density at radius 3 is 2.79 bits per heavy atom. The molecule has 2 aliphatic carbocycles. The summed E-state index contributed by atoms with van der Waals surface area (Å²) in [6, 6.07) is 3.14. The Balaban J connectivity index is 1.71. The van der Waals surface area contributed by atoms with Gasteiger partial charge >= 0.3 is 0 Å². The number of rotatable bonds is 8. The average molecular weight is 264 g/mol. The number of ether oxygens (including phenoxy) is 1. The van der Waals surface area contributed by atoms with Gasteiger partial charge in [-0.05, 0) is 38.5 Å². The van der Waals surface area contributed by atoms with Crippen molar-refractivity contribution in [2.75, 3.05) is 6.61 Å². The maximum atomic E-state index is 9.51. The SMILES string of the molecule is CCCCCCOC1CCCC(C#N)(NC2CC2)C1. The van der Waals surface area contributed by atoms with E-state index in [2.05, 4.69) is 18.3 Å². The summed E-state index contributed by atoms with van der Waals surface area (Å²) in [5.74, 6) is 0. The van der Waals surface area contributed by atoms with E-state index in [9.17, 15) is 5.26 Å². The smallest absolute Gasteiger partial charge is 0.109 e. The summed E-state index contributed by atoms with van der Waals surface area (Å²) >= 11 is 0. The lowest BCUT2D eigenvalue weighted by Crippen LogP contribution is -2.50. The second-order valence-corrected chi connectivity index (χ2v) is 6.26. The van der Waals surface area contributed by atoms with E-state index in [0.717, 1.165) is 32.3 Å². The second-order valence-electron chi connectivity index (χ2n) is 6.26. The predicted molar refractivity (Wildman–Crippen MR) is 76.9 cm³/mol. The summed E-state index contributed by atoms with van der Waals surface area (Å²) < 4.78 is 6.00. The van der Waals surface area contributed by atoms with Crippen LogP contribution in [0.5, 0.6) is 0 Å². The molecule has 0 saturated heterocycles. The Morgan fingerprint density at radius 1 is 1.26 bits per heavy atom. The van der Waals surface area contributed by atoms with Crippen molar-refractivity contribution in [3.05, 3.63) is 0 Å². The molecule has 19 heavy (non-hydrogen) atoms. The van der Waals surface area contributed by atoms with Gasteiger partial charge in [-0.25, -0.2) is 0 Å². The van der Waals surface area contributed by atoms with Crippen molar-refractivity contribution < 1.29 is 4.74 Å². The Hall–Kier alpha value is -0.590. The van der Waals surface area contributed by atoms with E-state index >= 15 is 0 Å². The molecule has 0 heterocycles. The molecule has 0 bridgehead atoms. The van der Waals surface area contributed by atoms with Crippen LogP contribution in [0.3, 0.4) is 0 Å². The van der Waals surface area contributed by atoms with Gasteiger partial charge in [0.1, 0.15) is 5.54 Å². The van der Waals surface area contributed by atoms with Crippen LogP contribution in [-0.2, 0) is 4.74 Å². The molecule has 2 unspecified atom stereocenters. The topological polar surface area (TPSA) is 45.0 Å². The zero-order valence-corrected chi connectivity index (χ0v) is 12.3. The molecule has 0 amide bonds. The molecular formula is C16H28N2O. The number of hydrogen-bond donors (Lipinski definition) is 1. The minimum Gasteiger partial charge on any atom is -0.378 e. The van der Waals surface area contributed by atoms with E-state index in [4.69, 9.17) is 4.74 Å². The lowest BCUT2D eigenvalue weighted by Gasteiger charge is -2.36. The van der Waals surface area contributed by atoms with Crippen LogP contribution in [0.1, 0.15) is 71.1 Å². The van der Waals surface area contributed by atoms with E-state index in [1.807, 2.05) is 0 Å². The Kier molecular flexibility index (Phi) is 5.66. The largest absolute Gasteiger partial charge is 0.378 e. The first kappa shape index (κ1) is 14.8. The molecule has 0 aliphatic heterocycles. The minimum atomic E-state index is -0.298. The maximum absolute atomic E-state index is 9.51. The molecule has 3 heteroatoms. The van der Waals surface area contributed by atoms with Crippen molar-refractivity contribution in [3.8, 4) is 6.07 Å². The van der Waals surface area contributed by atoms with E-state index in [-0.39, 0.29) is 5.54 Å². The summed E-state index contributed by atoms with van der Waals surface area (Å²) in [6.07, 6.45) is 11.9. The van der Waals surface area contributed by atoms with Gasteiger partial charge in [-0.3, -0.25) is 5.32 Å². The number of nitriles is 1. The minimum absolute atomic E-state index is 0.293. The van der Waals surface area contributed by atoms with Crippen LogP contribution in [0.2, 0.25) is 0 Å². The summed E-state index contributed by atoms with van der Waals surface area (Å²) in [7, 11) is 0. The van der Waals surface area contributed by atoms with Crippen molar-refractivity contribution in [2.24, 2.45) is 0 Å². The van der Waals surface area contributed by atoms with E-state index in [1.54, 1.807) is 0 Å². The fourth-order valence-electron chi connectivity index (χ4n) is 3.03. The third-order valence-electron chi connectivity index (χ3n) is 4.33. The lowest BCUT2D eigenvalue weighted by molar-refractivity contribution is 0.00702. The standard InChI is InChI=1S/C16H28N2O/c1-2-3-4-5-11-19-15-7-6-10-16(12-15,13-17)18-14-8-9-14/h14-15,18H,2-12H2,1H3. The first-order valence-corrected chi connectivity index (χ1v) is 8.08. The van der Waals surface area contributed by atoms with E-state index < -0.39 is 0 Å². The summed E-state index contributed by atoms with van der Waals surface area (Å²) in [4.78, 5) is 0. The van der Waals surface area contributed by atoms with Crippen molar-refractivity contribution in [1.29, 1.82) is 5.26 Å². The predicted octanol–water partition coefficient (Wildman–Crippen LogP) is 3.54. The van der Waals surface area contributed by atoms with Crippen LogP contribution in [0, 0.1) is 11.3 Å². The van der Waals surface area contributed by atoms with Gasteiger partial charge < -0.3 is 4.74 Å². The number of unbranched alkanes of at least 4 members (excludes halogenated alkanes) is 3. The highest BCUT2D eigenvalue weighted by atomic mass is 16.5. The highest BCUT2D eigenvalue weighted by Gasteiger charge is 2.40. The van der Waals surface area contributed by atoms with Crippen molar-refractivity contribution in [1.82, 2.24) is 5.32 Å². The summed E-state index contributed by atoms with van der Waals surface area (Å²) in [6.45, 7) is 3.10. The Labute approximate surface area is 117 Å². The maximum Gasteiger partial charge on any atom is 0.109 e. The fraction of sp³-hybridized carbons (Fsp3) is 0.938. The molecule has 0 spiro atoms. The molecule has 0 aromatic heterocycles. The number of hydrogen-bond acceptors (Lipinski definition) is 3. The van der Waals surface area contributed by atoms with E-state index in [0.29, 0.717) is 12.1 Å². The lowest BCUT2D eigenvalue weighted by atomic mass is 9.81. The molecule has 2 fully saturated rings. The van der Waals surface area contributed by atoms with Gasteiger partial charge in [0.15, 0.2) is 0 Å². The molecule has 108 valence electrons. The molecule has 2 atom stereocenters. The monoisotopic (exact) mass is 264 g/mol. The van der Waals surface area contributed by atoms with Gasteiger partial charge in [0.05, 0.1) is 12.2 Å². The number of nitrogens with one attached hydrogen (secondary N) is 1. The molecule has 0 aromatic carbocycles. The van der Waals surface area contributed by atoms with Gasteiger partial charge in [-0.1, -0.05) is 26.2 Å². The van der Waals surface area contributed by atoms with Crippen LogP contribution in [0.4, 0.5) is 0 Å². The third kappa shape index (κ3) is 4.78. The van der Waals surface area contributed by atoms with Crippen LogP contribution in [0.15, 0.2) is 0 Å². The van der Waals surface area contributed by atoms with Crippen LogP contribution >= 0.6 is 0 Å². The molecule has 3 nitrogen and oxygen atoms in total.